The van der Waals surface area contributed by atoms with E-state index in [0.29, 0.717) is 32.1 Å². The Kier molecular flexibility index (Phi) is 72.6. The second-order valence-corrected chi connectivity index (χ2v) is 28.4. The van der Waals surface area contributed by atoms with Crippen molar-refractivity contribution >= 4 is 39.5 Å². The van der Waals surface area contributed by atoms with Crippen LogP contribution in [0.4, 0.5) is 0 Å². The molecule has 0 heterocycles. The molecule has 17 nitrogen and oxygen atoms in total. The molecule has 0 saturated carbocycles. The second-order valence-electron chi connectivity index (χ2n) is 25.5. The largest absolute Gasteiger partial charge is 0.472 e. The van der Waals surface area contributed by atoms with E-state index in [-0.39, 0.29) is 25.7 Å². The van der Waals surface area contributed by atoms with E-state index in [0.717, 1.165) is 167 Å². The van der Waals surface area contributed by atoms with Crippen molar-refractivity contribution in [3.8, 4) is 0 Å². The molecule has 0 fully saturated rings. The number of phosphoric ester groups is 2. The van der Waals surface area contributed by atoms with Crippen molar-refractivity contribution in [1.29, 1.82) is 0 Å². The van der Waals surface area contributed by atoms with Crippen molar-refractivity contribution in [2.24, 2.45) is 0 Å². The summed E-state index contributed by atoms with van der Waals surface area (Å²) in [5.41, 5.74) is 0. The topological polar surface area (TPSA) is 237 Å². The van der Waals surface area contributed by atoms with Crippen LogP contribution in [0, 0.1) is 0 Å². The van der Waals surface area contributed by atoms with Crippen LogP contribution in [-0.2, 0) is 65.4 Å². The first-order chi connectivity index (χ1) is 51.7. The van der Waals surface area contributed by atoms with Crippen LogP contribution in [0.5, 0.6) is 0 Å². The first-order valence-corrected chi connectivity index (χ1v) is 42.7. The van der Waals surface area contributed by atoms with Crippen molar-refractivity contribution in [2.45, 2.75) is 290 Å². The average molecular weight is 1520 g/mol. The standard InChI is InChI=1S/C87H138O17P2/c1-5-9-13-17-21-25-29-33-37-39-40-42-45-48-52-56-60-64-68-72-85(90)98-78-83(104-87(92)74-70-66-62-58-54-50-46-41-38-34-30-26-22-18-14-10-6-2)80-102-106(95,96)100-76-81(88)75-99-105(93,94)101-79-82(103-86(91)73-69-65-61-57-53-49-44-36-32-28-24-20-16-12-8-4)77-97-84(89)71-67-63-59-55-51-47-43-35-31-27-23-19-15-11-7-3/h9-11,13-15,21-28,33-38,40,42-44,48,51-52,55,60,63-64,67,81-83,88H,5-8,12,16-20,29-32,39,41,45-47,49-50,53-54,56-59,61-62,65-66,68-80H2,1-4H3,(H,93,94)(H,95,96)/b13-9-,14-10-,15-11-,25-21-,26-22-,27-23-,28-24-,37-33-,38-34-,42-40-,43-35-,44-36-,52-48-,55-51-,64-60-,67-63-. The van der Waals surface area contributed by atoms with Crippen LogP contribution in [0.2, 0.25) is 0 Å². The summed E-state index contributed by atoms with van der Waals surface area (Å²) in [5.74, 6) is -2.47. The van der Waals surface area contributed by atoms with E-state index in [1.54, 1.807) is 6.08 Å². The summed E-state index contributed by atoms with van der Waals surface area (Å²) in [6.45, 7) is 4.25. The molecule has 0 aromatic rings. The molecule has 0 amide bonds. The van der Waals surface area contributed by atoms with Crippen molar-refractivity contribution < 1.29 is 80.2 Å². The molecule has 5 atom stereocenters. The smallest absolute Gasteiger partial charge is 0.462 e. The van der Waals surface area contributed by atoms with E-state index < -0.39 is 97.5 Å². The number of esters is 4. The highest BCUT2D eigenvalue weighted by atomic mass is 31.2. The number of phosphoric acid groups is 2. The number of aliphatic hydroxyl groups is 1. The van der Waals surface area contributed by atoms with E-state index in [2.05, 4.69) is 180 Å². The highest BCUT2D eigenvalue weighted by Crippen LogP contribution is 2.45. The molecule has 0 aliphatic rings. The van der Waals surface area contributed by atoms with E-state index in [1.807, 2.05) is 36.5 Å². The van der Waals surface area contributed by atoms with Crippen LogP contribution in [-0.4, -0.2) is 96.7 Å². The van der Waals surface area contributed by atoms with Gasteiger partial charge in [0, 0.05) is 19.3 Å². The Labute approximate surface area is 640 Å². The van der Waals surface area contributed by atoms with Crippen LogP contribution >= 0.6 is 15.6 Å². The molecule has 598 valence electrons. The molecular formula is C87H138O17P2. The summed E-state index contributed by atoms with van der Waals surface area (Å²) in [5, 5.41) is 10.6. The minimum Gasteiger partial charge on any atom is -0.462 e. The number of hydrogen-bond acceptors (Lipinski definition) is 15. The SMILES string of the molecule is CC/C=C\C/C=C\C/C=C\C/C=C\C/C=C\C/C=C\CCC(=O)OCC(COP(=O)(O)OCC(O)COP(=O)(O)OCC(COC(=O)C/C=C\C/C=C\C/C=C\C/C=C\C/C=C\CC)OC(=O)CCCCCCC/C=C\C/C=C\CCCCC)OC(=O)CCCCCCCCC/C=C\C/C=C\C/C=C\CC. The summed E-state index contributed by atoms with van der Waals surface area (Å²) in [6, 6.07) is 0. The van der Waals surface area contributed by atoms with Crippen molar-refractivity contribution in [3.63, 3.8) is 0 Å². The number of ether oxygens (including phenoxy) is 4. The normalized spacial score (nSPS) is 14.9. The van der Waals surface area contributed by atoms with Crippen LogP contribution < -0.4 is 0 Å². The quantitative estimate of drug-likeness (QED) is 0.0169. The van der Waals surface area contributed by atoms with Gasteiger partial charge in [-0.2, -0.15) is 0 Å². The van der Waals surface area contributed by atoms with Gasteiger partial charge in [0.1, 0.15) is 19.3 Å². The molecule has 0 aliphatic carbocycles. The average Bonchev–Trinajstić information content (AvgIpc) is 0.902. The molecule has 0 bridgehead atoms. The molecule has 0 aliphatic heterocycles. The Hall–Kier alpha value is -6.10. The number of unbranched alkanes of at least 4 members (excludes halogenated alkanes) is 15. The summed E-state index contributed by atoms with van der Waals surface area (Å²) in [6.07, 6.45) is 94.5. The van der Waals surface area contributed by atoms with Gasteiger partial charge in [-0.1, -0.05) is 286 Å². The number of rotatable bonds is 72. The molecule has 3 N–H and O–H groups in total. The van der Waals surface area contributed by atoms with Crippen LogP contribution in [0.15, 0.2) is 194 Å². The van der Waals surface area contributed by atoms with Gasteiger partial charge in [0.05, 0.1) is 32.8 Å². The zero-order valence-corrected chi connectivity index (χ0v) is 67.1. The third-order valence-corrected chi connectivity index (χ3v) is 17.5. The molecule has 0 spiro atoms. The van der Waals surface area contributed by atoms with Gasteiger partial charge in [-0.3, -0.25) is 37.3 Å². The summed E-state index contributed by atoms with van der Waals surface area (Å²) in [7, 11) is -10.0. The maximum absolute atomic E-state index is 13.1. The highest BCUT2D eigenvalue weighted by molar-refractivity contribution is 7.47. The third-order valence-electron chi connectivity index (χ3n) is 15.6. The molecule has 5 unspecified atom stereocenters. The van der Waals surface area contributed by atoms with E-state index in [4.69, 9.17) is 37.0 Å². The first kappa shape index (κ1) is 99.9. The number of aliphatic hydroxyl groups excluding tert-OH is 1. The van der Waals surface area contributed by atoms with Gasteiger partial charge < -0.3 is 33.8 Å². The van der Waals surface area contributed by atoms with Gasteiger partial charge in [0.15, 0.2) is 12.2 Å². The second kappa shape index (κ2) is 77.1. The van der Waals surface area contributed by atoms with Crippen LogP contribution in [0.1, 0.15) is 272 Å². The van der Waals surface area contributed by atoms with Crippen molar-refractivity contribution in [1.82, 2.24) is 0 Å². The van der Waals surface area contributed by atoms with Gasteiger partial charge in [-0.25, -0.2) is 9.13 Å². The fourth-order valence-corrected chi connectivity index (χ4v) is 11.2. The Morgan fingerprint density at radius 1 is 0.283 bits per heavy atom. The Bertz CT molecular complexity index is 2780. The molecule has 0 saturated heterocycles. The fraction of sp³-hybridized carbons (Fsp3) is 0.586. The van der Waals surface area contributed by atoms with E-state index in [9.17, 15) is 43.2 Å². The first-order valence-electron chi connectivity index (χ1n) is 39.7. The maximum Gasteiger partial charge on any atom is 0.472 e. The van der Waals surface area contributed by atoms with Gasteiger partial charge in [-0.05, 0) is 154 Å². The summed E-state index contributed by atoms with van der Waals surface area (Å²) in [4.78, 5) is 73.0. The van der Waals surface area contributed by atoms with Crippen LogP contribution in [0.3, 0.4) is 0 Å². The predicted octanol–water partition coefficient (Wildman–Crippen LogP) is 23.3. The molecule has 0 radical (unpaired) electrons. The monoisotopic (exact) mass is 1520 g/mol. The molecule has 0 rings (SSSR count). The predicted molar refractivity (Wildman–Crippen MR) is 436 cm³/mol. The van der Waals surface area contributed by atoms with E-state index in [1.165, 1.54) is 19.3 Å². The Morgan fingerprint density at radius 2 is 0.547 bits per heavy atom. The molecule has 0 aromatic heterocycles. The lowest BCUT2D eigenvalue weighted by Gasteiger charge is -2.21. The van der Waals surface area contributed by atoms with Gasteiger partial charge in [0.2, 0.25) is 0 Å². The third kappa shape index (κ3) is 76.1. The zero-order valence-electron chi connectivity index (χ0n) is 65.3. The lowest BCUT2D eigenvalue weighted by Crippen LogP contribution is -2.30. The summed E-state index contributed by atoms with van der Waals surface area (Å²) < 4.78 is 68.4. The van der Waals surface area contributed by atoms with Gasteiger partial charge in [0.25, 0.3) is 0 Å². The minimum absolute atomic E-state index is 0.0242. The number of carbonyl (C=O) groups is 4. The molecule has 106 heavy (non-hydrogen) atoms. The molecular weight excluding hydrogens is 1380 g/mol. The van der Waals surface area contributed by atoms with Gasteiger partial charge >= 0.3 is 39.5 Å². The lowest BCUT2D eigenvalue weighted by atomic mass is 10.1. The van der Waals surface area contributed by atoms with E-state index >= 15 is 0 Å². The van der Waals surface area contributed by atoms with Gasteiger partial charge in [-0.15, -0.1) is 0 Å². The molecule has 19 heteroatoms. The number of hydrogen-bond donors (Lipinski definition) is 3. The fourth-order valence-electron chi connectivity index (χ4n) is 9.66. The van der Waals surface area contributed by atoms with Crippen molar-refractivity contribution in [3.05, 3.63) is 194 Å². The minimum atomic E-state index is -5.02. The zero-order chi connectivity index (χ0) is 77.4. The van der Waals surface area contributed by atoms with Crippen molar-refractivity contribution in [2.75, 3.05) is 39.6 Å². The lowest BCUT2D eigenvalue weighted by molar-refractivity contribution is -0.161. The summed E-state index contributed by atoms with van der Waals surface area (Å²) >= 11 is 0. The Balaban J connectivity index is 5.54. The highest BCUT2D eigenvalue weighted by Gasteiger charge is 2.30. The number of allylic oxidation sites excluding steroid dienone is 31. The molecule has 0 aromatic carbocycles. The van der Waals surface area contributed by atoms with Crippen LogP contribution in [0.25, 0.3) is 0 Å². The number of carbonyl (C=O) groups excluding carboxylic acids is 4. The Morgan fingerprint density at radius 3 is 0.877 bits per heavy atom. The maximum atomic E-state index is 13.1.